The lowest BCUT2D eigenvalue weighted by molar-refractivity contribution is -0.121. The van der Waals surface area contributed by atoms with Crippen LogP contribution in [-0.4, -0.2) is 67.4 Å². The maximum Gasteiger partial charge on any atom is 0.243 e. The molecule has 1 aromatic heterocycles. The lowest BCUT2D eigenvalue weighted by Crippen LogP contribution is -2.43. The maximum atomic E-state index is 12.4. The molecule has 0 aliphatic carbocycles. The number of carbonyl (C=O) groups excluding carboxylic acids is 1. The molecule has 3 aromatic rings. The number of amides is 1. The van der Waals surface area contributed by atoms with Crippen molar-refractivity contribution in [1.29, 1.82) is 0 Å². The number of nitrogens with zero attached hydrogens (tertiary/aromatic N) is 4. The summed E-state index contributed by atoms with van der Waals surface area (Å²) in [4.78, 5) is 14.9. The topological polar surface area (TPSA) is 121 Å². The van der Waals surface area contributed by atoms with Crippen LogP contribution in [0.2, 0.25) is 0 Å². The van der Waals surface area contributed by atoms with Gasteiger partial charge >= 0.3 is 0 Å². The van der Waals surface area contributed by atoms with Crippen LogP contribution in [0.4, 0.5) is 0 Å². The Bertz CT molecular complexity index is 1240. The quantitative estimate of drug-likeness (QED) is 0.288. The fourth-order valence-electron chi connectivity index (χ4n) is 4.73. The Kier molecular flexibility index (Phi) is 9.40. The zero-order chi connectivity index (χ0) is 26.2. The molecule has 4 rings (SSSR count). The molecule has 1 aliphatic heterocycles. The molecule has 0 bridgehead atoms. The van der Waals surface area contributed by atoms with Crippen molar-refractivity contribution in [3.8, 4) is 0 Å². The van der Waals surface area contributed by atoms with Crippen LogP contribution in [0, 0.1) is 5.92 Å². The van der Waals surface area contributed by atoms with Crippen LogP contribution in [0.25, 0.3) is 16.8 Å². The first-order valence-corrected chi connectivity index (χ1v) is 13.4. The minimum Gasteiger partial charge on any atom is -0.504 e. The number of fused-ring (bicyclic) bond motifs is 1. The molecule has 0 spiro atoms. The Morgan fingerprint density at radius 1 is 1.27 bits per heavy atom. The van der Waals surface area contributed by atoms with Crippen molar-refractivity contribution in [3.05, 3.63) is 66.1 Å². The van der Waals surface area contributed by atoms with Crippen LogP contribution in [-0.2, 0) is 27.3 Å². The number of hydrogen-bond donors (Lipinski definition) is 2. The Hall–Kier alpha value is -3.12. The number of ether oxygens (including phenoxy) is 1. The van der Waals surface area contributed by atoms with E-state index in [9.17, 15) is 13.6 Å². The molecule has 1 fully saturated rings. The van der Waals surface area contributed by atoms with Gasteiger partial charge in [0.2, 0.25) is 29.0 Å². The lowest BCUT2D eigenvalue weighted by Gasteiger charge is -2.37. The highest BCUT2D eigenvalue weighted by atomic mass is 32.2. The zero-order valence-corrected chi connectivity index (χ0v) is 21.9. The van der Waals surface area contributed by atoms with E-state index in [-0.39, 0.29) is 36.8 Å². The Balaban J connectivity index is 1.26. The molecule has 2 N–H and O–H groups in total. The summed E-state index contributed by atoms with van der Waals surface area (Å²) >= 11 is -2.25. The number of hydrogen-bond acceptors (Lipinski definition) is 7. The van der Waals surface area contributed by atoms with Crippen LogP contribution in [0.1, 0.15) is 43.2 Å². The maximum absolute atomic E-state index is 12.4. The molecule has 198 valence electrons. The molecule has 2 unspecified atom stereocenters. The average molecular weight is 528 g/mol. The fourth-order valence-corrected chi connectivity index (χ4v) is 5.29. The van der Waals surface area contributed by atoms with Gasteiger partial charge in [0.15, 0.2) is 0 Å². The van der Waals surface area contributed by atoms with E-state index in [1.54, 1.807) is 0 Å². The third-order valence-corrected chi connectivity index (χ3v) is 7.46. The Morgan fingerprint density at radius 3 is 2.78 bits per heavy atom. The number of likely N-dealkylation sites (tertiary alicyclic amines) is 1. The van der Waals surface area contributed by atoms with Crippen LogP contribution >= 0.6 is 0 Å². The molecule has 2 aromatic carbocycles. The molecule has 0 radical (unpaired) electrons. The summed E-state index contributed by atoms with van der Waals surface area (Å²) in [6.07, 6.45) is 4.69. The highest BCUT2D eigenvalue weighted by Gasteiger charge is 2.27. The molecule has 10 nitrogen and oxygen atoms in total. The first-order chi connectivity index (χ1) is 17.9. The summed E-state index contributed by atoms with van der Waals surface area (Å²) in [6.45, 7) is 4.24. The van der Waals surface area contributed by atoms with Crippen molar-refractivity contribution in [1.82, 2.24) is 24.7 Å². The molecule has 0 saturated carbocycles. The van der Waals surface area contributed by atoms with Crippen LogP contribution in [0.15, 0.2) is 53.1 Å². The van der Waals surface area contributed by atoms with Crippen molar-refractivity contribution in [2.24, 2.45) is 5.92 Å². The van der Waals surface area contributed by atoms with Crippen molar-refractivity contribution in [2.75, 3.05) is 33.3 Å². The normalized spacial score (nSPS) is 16.9. The third-order valence-electron chi connectivity index (χ3n) is 6.74. The van der Waals surface area contributed by atoms with E-state index in [2.05, 4.69) is 69.8 Å². The smallest absolute Gasteiger partial charge is 0.243 e. The van der Waals surface area contributed by atoms with E-state index in [4.69, 9.17) is 9.15 Å². The van der Waals surface area contributed by atoms with Crippen LogP contribution in [0.3, 0.4) is 0 Å². The molecule has 2 heterocycles. The summed E-state index contributed by atoms with van der Waals surface area (Å²) in [5, 5.41) is 12.8. The number of nitrogens with one attached hydrogen (secondary N) is 1. The Morgan fingerprint density at radius 2 is 2.03 bits per heavy atom. The molecule has 11 heteroatoms. The van der Waals surface area contributed by atoms with Gasteiger partial charge in [-0.2, -0.15) is 4.31 Å². The van der Waals surface area contributed by atoms with E-state index >= 15 is 0 Å². The van der Waals surface area contributed by atoms with Crippen molar-refractivity contribution in [2.45, 2.75) is 32.4 Å². The molecular weight excluding hydrogens is 494 g/mol. The summed E-state index contributed by atoms with van der Waals surface area (Å²) in [7, 11) is 1.50. The van der Waals surface area contributed by atoms with Gasteiger partial charge in [-0.15, -0.1) is 10.2 Å². The molecular formula is C26H33N5O5S. The van der Waals surface area contributed by atoms with Crippen molar-refractivity contribution < 1.29 is 22.7 Å². The van der Waals surface area contributed by atoms with E-state index < -0.39 is 17.2 Å². The predicted octanol–water partition coefficient (Wildman–Crippen LogP) is 3.37. The van der Waals surface area contributed by atoms with Crippen LogP contribution < -0.4 is 5.32 Å². The van der Waals surface area contributed by atoms with Gasteiger partial charge in [0.1, 0.15) is 0 Å². The van der Waals surface area contributed by atoms with E-state index in [0.29, 0.717) is 6.54 Å². The summed E-state index contributed by atoms with van der Waals surface area (Å²) in [5.41, 5.74) is 1.31. The summed E-state index contributed by atoms with van der Waals surface area (Å²) in [5.74, 6) is 0.321. The second kappa shape index (κ2) is 12.9. The standard InChI is InChI=1S/C26H33N5O5S/c1-19(22-9-5-7-21-6-3-4-8-23(21)22)30-13-10-20(11-14-30)17-31(37(33)34)18-24(32)27-16-26-29-28-25(36-26)12-15-35-2/h3-9,12,15,19-20H,10-11,13-14,16-18H2,1-2H3,(H,27,32)(H,33,34)/b15-12+. The van der Waals surface area contributed by atoms with Gasteiger partial charge < -0.3 is 14.5 Å². The number of carbonyl (C=O) groups is 1. The fraction of sp³-hybridized carbons (Fsp3) is 0.423. The van der Waals surface area contributed by atoms with Gasteiger partial charge in [-0.3, -0.25) is 14.2 Å². The van der Waals surface area contributed by atoms with E-state index in [0.717, 1.165) is 25.9 Å². The molecule has 2 atom stereocenters. The van der Waals surface area contributed by atoms with Gasteiger partial charge in [-0.25, -0.2) is 4.21 Å². The highest BCUT2D eigenvalue weighted by molar-refractivity contribution is 7.76. The first kappa shape index (κ1) is 26.9. The Labute approximate surface area is 219 Å². The van der Waals surface area contributed by atoms with Gasteiger partial charge in [-0.1, -0.05) is 42.5 Å². The second-order valence-electron chi connectivity index (χ2n) is 9.13. The lowest BCUT2D eigenvalue weighted by atomic mass is 9.93. The molecule has 1 amide bonds. The third kappa shape index (κ3) is 7.22. The molecule has 37 heavy (non-hydrogen) atoms. The molecule has 1 aliphatic rings. The number of methoxy groups -OCH3 is 1. The number of rotatable bonds is 11. The summed E-state index contributed by atoms with van der Waals surface area (Å²) in [6, 6.07) is 15.1. The predicted molar refractivity (Wildman–Crippen MR) is 141 cm³/mol. The second-order valence-corrected chi connectivity index (χ2v) is 10.1. The molecule has 1 saturated heterocycles. The average Bonchev–Trinajstić information content (AvgIpc) is 3.38. The van der Waals surface area contributed by atoms with Crippen LogP contribution in [0.5, 0.6) is 0 Å². The van der Waals surface area contributed by atoms with E-state index in [1.807, 2.05) is 0 Å². The number of piperidine rings is 1. The SMILES string of the molecule is CO/C=C/c1nnc(CNC(=O)CN(CC2CCN(C(C)c3cccc4ccccc34)CC2)S(=O)O)o1. The monoisotopic (exact) mass is 527 g/mol. The minimum atomic E-state index is -2.25. The van der Waals surface area contributed by atoms with Gasteiger partial charge in [-0.05, 0) is 55.1 Å². The van der Waals surface area contributed by atoms with Gasteiger partial charge in [0.25, 0.3) is 0 Å². The number of benzene rings is 2. The first-order valence-electron chi connectivity index (χ1n) is 12.3. The minimum absolute atomic E-state index is 0.0308. The largest absolute Gasteiger partial charge is 0.504 e. The van der Waals surface area contributed by atoms with Crippen molar-refractivity contribution in [3.63, 3.8) is 0 Å². The van der Waals surface area contributed by atoms with E-state index in [1.165, 1.54) is 40.1 Å². The zero-order valence-electron chi connectivity index (χ0n) is 21.1. The van der Waals surface area contributed by atoms with Crippen molar-refractivity contribution >= 4 is 34.0 Å². The summed E-state index contributed by atoms with van der Waals surface area (Å²) < 4.78 is 33.2. The number of aromatic nitrogens is 2. The van der Waals surface area contributed by atoms with Gasteiger partial charge in [0, 0.05) is 18.7 Å². The highest BCUT2D eigenvalue weighted by Crippen LogP contribution is 2.31. The van der Waals surface area contributed by atoms with Gasteiger partial charge in [0.05, 0.1) is 26.5 Å².